The Morgan fingerprint density at radius 1 is 1.40 bits per heavy atom. The van der Waals surface area contributed by atoms with E-state index in [0.29, 0.717) is 0 Å². The second kappa shape index (κ2) is 3.64. The summed E-state index contributed by atoms with van der Waals surface area (Å²) in [5.41, 5.74) is -0.949. The lowest BCUT2D eigenvalue weighted by Gasteiger charge is -2.40. The van der Waals surface area contributed by atoms with Crippen LogP contribution < -0.4 is 5.32 Å². The molecule has 1 aliphatic rings. The highest BCUT2D eigenvalue weighted by molar-refractivity contribution is 6.06. The van der Waals surface area contributed by atoms with Crippen molar-refractivity contribution in [1.29, 1.82) is 0 Å². The summed E-state index contributed by atoms with van der Waals surface area (Å²) >= 11 is 0. The van der Waals surface area contributed by atoms with E-state index in [-0.39, 0.29) is 18.4 Å². The summed E-state index contributed by atoms with van der Waals surface area (Å²) in [6, 6.07) is 0. The van der Waals surface area contributed by atoms with Gasteiger partial charge in [0.2, 0.25) is 11.8 Å². The number of amides is 3. The predicted molar refractivity (Wildman–Crippen MR) is 53.8 cm³/mol. The van der Waals surface area contributed by atoms with Crippen LogP contribution in [0, 0.1) is 5.92 Å². The van der Waals surface area contributed by atoms with Crippen molar-refractivity contribution >= 4 is 17.7 Å². The van der Waals surface area contributed by atoms with E-state index < -0.39 is 17.4 Å². The molecular formula is C10H16N2O3. The molecule has 0 bridgehead atoms. The Balaban J connectivity index is 2.99. The number of imide groups is 1. The monoisotopic (exact) mass is 212 g/mol. The van der Waals surface area contributed by atoms with Crippen LogP contribution >= 0.6 is 0 Å². The normalized spacial score (nSPS) is 20.5. The largest absolute Gasteiger partial charge is 0.319 e. The molecule has 84 valence electrons. The maximum atomic E-state index is 11.8. The number of carbonyl (C=O) groups excluding carboxylic acids is 3. The van der Waals surface area contributed by atoms with Crippen molar-refractivity contribution in [3.63, 3.8) is 0 Å². The van der Waals surface area contributed by atoms with Gasteiger partial charge < -0.3 is 4.90 Å². The number of nitrogens with zero attached hydrogens (tertiary/aromatic N) is 1. The molecule has 1 heterocycles. The maximum absolute atomic E-state index is 11.8. The predicted octanol–water partition coefficient (Wildman–Crippen LogP) is -0.0940. The molecule has 1 N–H and O–H groups in total. The Bertz CT molecular complexity index is 321. The molecule has 0 atom stereocenters. The highest BCUT2D eigenvalue weighted by Gasteiger charge is 2.43. The summed E-state index contributed by atoms with van der Waals surface area (Å²) in [4.78, 5) is 35.8. The lowest BCUT2D eigenvalue weighted by Crippen LogP contribution is -2.66. The van der Waals surface area contributed by atoms with E-state index >= 15 is 0 Å². The fraction of sp³-hybridized carbons (Fsp3) is 0.700. The number of piperazine rings is 1. The van der Waals surface area contributed by atoms with Gasteiger partial charge in [-0.15, -0.1) is 0 Å². The minimum absolute atomic E-state index is 0.0459. The van der Waals surface area contributed by atoms with Gasteiger partial charge in [0.1, 0.15) is 12.1 Å². The summed E-state index contributed by atoms with van der Waals surface area (Å²) in [7, 11) is 0. The zero-order chi connectivity index (χ0) is 11.8. The Kier molecular flexibility index (Phi) is 2.83. The van der Waals surface area contributed by atoms with E-state index in [1.54, 1.807) is 27.7 Å². The molecule has 3 amide bonds. The number of rotatable bonds is 1. The first-order valence-corrected chi connectivity index (χ1v) is 4.92. The molecule has 5 heteroatoms. The van der Waals surface area contributed by atoms with E-state index in [9.17, 15) is 14.4 Å². The lowest BCUT2D eigenvalue weighted by atomic mass is 9.97. The van der Waals surface area contributed by atoms with Gasteiger partial charge in [0, 0.05) is 5.92 Å². The standard InChI is InChI=1S/C10H16N2O3/c1-6(2)8(14)12-5-7(13)11-9(15)10(12,3)4/h6H,5H2,1-4H3,(H,11,13,15). The number of hydrogen-bond acceptors (Lipinski definition) is 3. The molecule has 1 aliphatic heterocycles. The van der Waals surface area contributed by atoms with Crippen LogP contribution in [-0.2, 0) is 14.4 Å². The van der Waals surface area contributed by atoms with Crippen molar-refractivity contribution in [3.05, 3.63) is 0 Å². The molecule has 0 unspecified atom stereocenters. The maximum Gasteiger partial charge on any atom is 0.252 e. The van der Waals surface area contributed by atoms with Crippen LogP contribution in [0.2, 0.25) is 0 Å². The van der Waals surface area contributed by atoms with Crippen LogP contribution in [0.15, 0.2) is 0 Å². The number of hydrogen-bond donors (Lipinski definition) is 1. The molecule has 0 spiro atoms. The molecule has 0 saturated carbocycles. The van der Waals surface area contributed by atoms with Gasteiger partial charge in [-0.05, 0) is 13.8 Å². The molecule has 0 aromatic rings. The Hall–Kier alpha value is -1.39. The lowest BCUT2D eigenvalue weighted by molar-refractivity contribution is -0.157. The van der Waals surface area contributed by atoms with Gasteiger partial charge in [0.15, 0.2) is 0 Å². The number of carbonyl (C=O) groups is 3. The van der Waals surface area contributed by atoms with Gasteiger partial charge in [0.05, 0.1) is 0 Å². The molecular weight excluding hydrogens is 196 g/mol. The first kappa shape index (κ1) is 11.7. The summed E-state index contributed by atoms with van der Waals surface area (Å²) in [6.45, 7) is 6.71. The highest BCUT2D eigenvalue weighted by Crippen LogP contribution is 2.20. The third-order valence-electron chi connectivity index (χ3n) is 2.55. The van der Waals surface area contributed by atoms with Crippen molar-refractivity contribution < 1.29 is 14.4 Å². The van der Waals surface area contributed by atoms with E-state index in [2.05, 4.69) is 5.32 Å². The van der Waals surface area contributed by atoms with Gasteiger partial charge >= 0.3 is 0 Å². The first-order valence-electron chi connectivity index (χ1n) is 4.92. The van der Waals surface area contributed by atoms with Gasteiger partial charge in [-0.3, -0.25) is 19.7 Å². The molecule has 0 aliphatic carbocycles. The van der Waals surface area contributed by atoms with Gasteiger partial charge in [-0.1, -0.05) is 13.8 Å². The van der Waals surface area contributed by atoms with Crippen LogP contribution in [0.3, 0.4) is 0 Å². The van der Waals surface area contributed by atoms with Crippen molar-refractivity contribution in [2.24, 2.45) is 5.92 Å². The average Bonchev–Trinajstić information content (AvgIpc) is 2.10. The molecule has 5 nitrogen and oxygen atoms in total. The van der Waals surface area contributed by atoms with Crippen molar-refractivity contribution in [1.82, 2.24) is 10.2 Å². The first-order chi connectivity index (χ1) is 6.76. The van der Waals surface area contributed by atoms with Crippen LogP contribution in [0.25, 0.3) is 0 Å². The molecule has 0 aromatic heterocycles. The highest BCUT2D eigenvalue weighted by atomic mass is 16.2. The van der Waals surface area contributed by atoms with E-state index in [0.717, 1.165) is 0 Å². The van der Waals surface area contributed by atoms with Crippen LogP contribution in [0.4, 0.5) is 0 Å². The Morgan fingerprint density at radius 3 is 2.40 bits per heavy atom. The van der Waals surface area contributed by atoms with Crippen molar-refractivity contribution in [2.75, 3.05) is 6.54 Å². The second-order valence-electron chi connectivity index (χ2n) is 4.52. The Labute approximate surface area is 88.8 Å². The zero-order valence-electron chi connectivity index (χ0n) is 9.46. The average molecular weight is 212 g/mol. The molecule has 0 aromatic carbocycles. The smallest absolute Gasteiger partial charge is 0.252 e. The van der Waals surface area contributed by atoms with E-state index in [1.807, 2.05) is 0 Å². The summed E-state index contributed by atoms with van der Waals surface area (Å²) in [6.07, 6.45) is 0. The van der Waals surface area contributed by atoms with Crippen molar-refractivity contribution in [3.8, 4) is 0 Å². The summed E-state index contributed by atoms with van der Waals surface area (Å²) < 4.78 is 0. The van der Waals surface area contributed by atoms with E-state index in [1.165, 1.54) is 4.90 Å². The van der Waals surface area contributed by atoms with Gasteiger partial charge in [-0.2, -0.15) is 0 Å². The quantitative estimate of drug-likeness (QED) is 0.617. The molecule has 1 saturated heterocycles. The summed E-state index contributed by atoms with van der Waals surface area (Å²) in [5.74, 6) is -1.24. The molecule has 15 heavy (non-hydrogen) atoms. The van der Waals surface area contributed by atoms with Crippen LogP contribution in [0.1, 0.15) is 27.7 Å². The third kappa shape index (κ3) is 2.00. The number of nitrogens with one attached hydrogen (secondary N) is 1. The fourth-order valence-electron chi connectivity index (χ4n) is 1.45. The molecule has 0 radical (unpaired) electrons. The van der Waals surface area contributed by atoms with Crippen molar-refractivity contribution in [2.45, 2.75) is 33.2 Å². The fourth-order valence-corrected chi connectivity index (χ4v) is 1.45. The van der Waals surface area contributed by atoms with Crippen LogP contribution in [-0.4, -0.2) is 34.7 Å². The Morgan fingerprint density at radius 2 is 1.93 bits per heavy atom. The third-order valence-corrected chi connectivity index (χ3v) is 2.55. The summed E-state index contributed by atoms with van der Waals surface area (Å²) in [5, 5.41) is 2.22. The van der Waals surface area contributed by atoms with Gasteiger partial charge in [0.25, 0.3) is 5.91 Å². The molecule has 1 rings (SSSR count). The van der Waals surface area contributed by atoms with Crippen LogP contribution in [0.5, 0.6) is 0 Å². The molecule has 1 fully saturated rings. The minimum Gasteiger partial charge on any atom is -0.319 e. The topological polar surface area (TPSA) is 66.5 Å². The SMILES string of the molecule is CC(C)C(=O)N1CC(=O)NC(=O)C1(C)C. The second-order valence-corrected chi connectivity index (χ2v) is 4.52. The van der Waals surface area contributed by atoms with E-state index in [4.69, 9.17) is 0 Å². The zero-order valence-corrected chi connectivity index (χ0v) is 9.46. The van der Waals surface area contributed by atoms with Gasteiger partial charge in [-0.25, -0.2) is 0 Å². The minimum atomic E-state index is -0.949.